The molecule has 1 aliphatic heterocycles. The zero-order valence-corrected chi connectivity index (χ0v) is 11.6. The summed E-state index contributed by atoms with van der Waals surface area (Å²) < 4.78 is 5.80. The average molecular weight is 256 g/mol. The lowest BCUT2D eigenvalue weighted by molar-refractivity contribution is 0.448. The van der Waals surface area contributed by atoms with Crippen molar-refractivity contribution in [2.45, 2.75) is 26.2 Å². The number of hydrogen-bond donors (Lipinski definition) is 0. The summed E-state index contributed by atoms with van der Waals surface area (Å²) in [5.74, 6) is 2.73. The van der Waals surface area contributed by atoms with Crippen LogP contribution in [0.4, 0.5) is 0 Å². The number of fused-ring (bicyclic) bond motifs is 1. The number of nitrogens with zero attached hydrogens (tertiary/aromatic N) is 2. The Morgan fingerprint density at radius 3 is 2.84 bits per heavy atom. The molecule has 0 saturated heterocycles. The van der Waals surface area contributed by atoms with Gasteiger partial charge in [-0.1, -0.05) is 24.3 Å². The highest BCUT2D eigenvalue weighted by Crippen LogP contribution is 2.33. The quantitative estimate of drug-likeness (QED) is 0.838. The van der Waals surface area contributed by atoms with Crippen LogP contribution in [0.25, 0.3) is 10.8 Å². The molecule has 0 amide bonds. The fourth-order valence-corrected chi connectivity index (χ4v) is 2.89. The summed E-state index contributed by atoms with van der Waals surface area (Å²) in [4.78, 5) is 7.04. The van der Waals surface area contributed by atoms with Crippen molar-refractivity contribution in [1.29, 1.82) is 0 Å². The fraction of sp³-hybridized carbons (Fsp3) is 0.438. The minimum absolute atomic E-state index is 0.399. The topological polar surface area (TPSA) is 28.7 Å². The van der Waals surface area contributed by atoms with E-state index in [-0.39, 0.29) is 0 Å². The van der Waals surface area contributed by atoms with Crippen LogP contribution in [0.15, 0.2) is 39.9 Å². The van der Waals surface area contributed by atoms with Crippen LogP contribution in [0.1, 0.15) is 31.9 Å². The molecule has 3 heteroatoms. The third-order valence-corrected chi connectivity index (χ3v) is 3.96. The first-order valence-corrected chi connectivity index (χ1v) is 7.07. The van der Waals surface area contributed by atoms with Gasteiger partial charge in [0.1, 0.15) is 5.76 Å². The highest BCUT2D eigenvalue weighted by atomic mass is 16.3. The van der Waals surface area contributed by atoms with Gasteiger partial charge in [0.2, 0.25) is 0 Å². The van der Waals surface area contributed by atoms with Gasteiger partial charge in [-0.05, 0) is 13.8 Å². The first kappa shape index (κ1) is 12.3. The first-order chi connectivity index (χ1) is 9.33. The molecule has 0 saturated carbocycles. The summed E-state index contributed by atoms with van der Waals surface area (Å²) in [6.45, 7) is 7.27. The molecule has 1 aromatic carbocycles. The van der Waals surface area contributed by atoms with Gasteiger partial charge in [-0.2, -0.15) is 0 Å². The number of amidine groups is 1. The van der Waals surface area contributed by atoms with Crippen LogP contribution in [-0.2, 0) is 0 Å². The van der Waals surface area contributed by atoms with E-state index in [0.717, 1.165) is 31.8 Å². The molecule has 0 radical (unpaired) electrons. The molecule has 1 aromatic heterocycles. The number of furan rings is 1. The van der Waals surface area contributed by atoms with E-state index in [1.165, 1.54) is 16.6 Å². The molecule has 0 fully saturated rings. The summed E-state index contributed by atoms with van der Waals surface area (Å²) in [5.41, 5.74) is 0. The number of rotatable bonds is 3. The van der Waals surface area contributed by atoms with E-state index in [1.807, 2.05) is 12.3 Å². The van der Waals surface area contributed by atoms with E-state index in [1.54, 1.807) is 0 Å². The number of aliphatic imine (C=N–C) groups is 1. The average Bonchev–Trinajstić information content (AvgIpc) is 3.06. The van der Waals surface area contributed by atoms with Gasteiger partial charge in [-0.3, -0.25) is 4.99 Å². The van der Waals surface area contributed by atoms with E-state index in [9.17, 15) is 0 Å². The number of benzene rings is 1. The monoisotopic (exact) mass is 256 g/mol. The van der Waals surface area contributed by atoms with Crippen molar-refractivity contribution >= 4 is 16.6 Å². The van der Waals surface area contributed by atoms with Crippen LogP contribution < -0.4 is 0 Å². The molecular weight excluding hydrogens is 236 g/mol. The Kier molecular flexibility index (Phi) is 3.28. The van der Waals surface area contributed by atoms with Crippen molar-refractivity contribution < 1.29 is 4.42 Å². The van der Waals surface area contributed by atoms with Crippen molar-refractivity contribution in [2.75, 3.05) is 19.6 Å². The lowest BCUT2D eigenvalue weighted by Crippen LogP contribution is -2.29. The summed E-state index contributed by atoms with van der Waals surface area (Å²) in [7, 11) is 0. The Morgan fingerprint density at radius 1 is 1.26 bits per heavy atom. The zero-order chi connectivity index (χ0) is 13.2. The minimum atomic E-state index is 0.399. The molecule has 100 valence electrons. The lowest BCUT2D eigenvalue weighted by atomic mass is 10.0. The second-order valence-electron chi connectivity index (χ2n) is 5.02. The van der Waals surface area contributed by atoms with Gasteiger partial charge in [0.25, 0.3) is 0 Å². The molecule has 3 rings (SSSR count). The van der Waals surface area contributed by atoms with Crippen molar-refractivity contribution in [2.24, 2.45) is 4.99 Å². The summed E-state index contributed by atoms with van der Waals surface area (Å²) >= 11 is 0. The zero-order valence-electron chi connectivity index (χ0n) is 11.6. The fourth-order valence-electron chi connectivity index (χ4n) is 2.89. The Balaban J connectivity index is 1.83. The molecular formula is C16H20N2O. The SMILES string of the molecule is CCN(CC)C1=NCC(c2occ3ccccc23)C1. The summed E-state index contributed by atoms with van der Waals surface area (Å²) in [6, 6.07) is 8.36. The van der Waals surface area contributed by atoms with Crippen LogP contribution in [-0.4, -0.2) is 30.4 Å². The molecule has 0 spiro atoms. The van der Waals surface area contributed by atoms with Gasteiger partial charge in [0.15, 0.2) is 0 Å². The smallest absolute Gasteiger partial charge is 0.116 e. The largest absolute Gasteiger partial charge is 0.468 e. The highest BCUT2D eigenvalue weighted by molar-refractivity contribution is 5.88. The van der Waals surface area contributed by atoms with Gasteiger partial charge >= 0.3 is 0 Å². The predicted molar refractivity (Wildman–Crippen MR) is 78.8 cm³/mol. The van der Waals surface area contributed by atoms with Crippen molar-refractivity contribution in [3.63, 3.8) is 0 Å². The van der Waals surface area contributed by atoms with Crippen molar-refractivity contribution in [1.82, 2.24) is 4.90 Å². The maximum absolute atomic E-state index is 5.80. The summed E-state index contributed by atoms with van der Waals surface area (Å²) in [6.07, 6.45) is 2.86. The van der Waals surface area contributed by atoms with E-state index in [2.05, 4.69) is 36.9 Å². The van der Waals surface area contributed by atoms with Gasteiger partial charge < -0.3 is 9.32 Å². The summed E-state index contributed by atoms with van der Waals surface area (Å²) in [5, 5.41) is 2.43. The van der Waals surface area contributed by atoms with Gasteiger partial charge in [0.05, 0.1) is 18.6 Å². The second kappa shape index (κ2) is 5.08. The van der Waals surface area contributed by atoms with E-state index in [0.29, 0.717) is 5.92 Å². The van der Waals surface area contributed by atoms with Crippen LogP contribution in [0, 0.1) is 0 Å². The Morgan fingerprint density at radius 2 is 2.05 bits per heavy atom. The second-order valence-corrected chi connectivity index (χ2v) is 5.02. The molecule has 3 nitrogen and oxygen atoms in total. The van der Waals surface area contributed by atoms with Gasteiger partial charge in [-0.15, -0.1) is 0 Å². The Bertz CT molecular complexity index is 596. The maximum Gasteiger partial charge on any atom is 0.116 e. The highest BCUT2D eigenvalue weighted by Gasteiger charge is 2.26. The molecule has 1 atom stereocenters. The molecule has 0 bridgehead atoms. The molecule has 2 aromatic rings. The first-order valence-electron chi connectivity index (χ1n) is 7.07. The minimum Gasteiger partial charge on any atom is -0.468 e. The molecule has 2 heterocycles. The van der Waals surface area contributed by atoms with E-state index in [4.69, 9.17) is 9.41 Å². The lowest BCUT2D eigenvalue weighted by Gasteiger charge is -2.20. The van der Waals surface area contributed by atoms with Crippen molar-refractivity contribution in [3.05, 3.63) is 36.3 Å². The molecule has 0 N–H and O–H groups in total. The molecule has 0 aliphatic carbocycles. The standard InChI is InChI=1S/C16H20N2O/c1-3-18(4-2)15-9-13(10-17-15)16-14-8-6-5-7-12(14)11-19-16/h5-8,11,13H,3-4,9-10H2,1-2H3. The molecule has 1 aliphatic rings. The Hall–Kier alpha value is -1.77. The van der Waals surface area contributed by atoms with Crippen LogP contribution in [0.3, 0.4) is 0 Å². The number of hydrogen-bond acceptors (Lipinski definition) is 3. The normalized spacial score (nSPS) is 18.8. The van der Waals surface area contributed by atoms with Gasteiger partial charge in [0, 0.05) is 36.2 Å². The van der Waals surface area contributed by atoms with Gasteiger partial charge in [-0.25, -0.2) is 0 Å². The maximum atomic E-state index is 5.80. The molecule has 19 heavy (non-hydrogen) atoms. The van der Waals surface area contributed by atoms with E-state index < -0.39 is 0 Å². The van der Waals surface area contributed by atoms with Crippen LogP contribution in [0.2, 0.25) is 0 Å². The third-order valence-electron chi connectivity index (χ3n) is 3.96. The third kappa shape index (κ3) is 2.14. The molecule has 1 unspecified atom stereocenters. The van der Waals surface area contributed by atoms with Crippen molar-refractivity contribution in [3.8, 4) is 0 Å². The van der Waals surface area contributed by atoms with Crippen LogP contribution in [0.5, 0.6) is 0 Å². The van der Waals surface area contributed by atoms with Crippen LogP contribution >= 0.6 is 0 Å². The van der Waals surface area contributed by atoms with E-state index >= 15 is 0 Å². The Labute approximate surface area is 113 Å². The predicted octanol–water partition coefficient (Wildman–Crippen LogP) is 3.66.